The Balaban J connectivity index is 1.48. The summed E-state index contributed by atoms with van der Waals surface area (Å²) in [5.74, 6) is 0. The van der Waals surface area contributed by atoms with E-state index >= 15 is 0 Å². The molecule has 136 valence electrons. The maximum absolute atomic E-state index is 5.91. The lowest BCUT2D eigenvalue weighted by Crippen LogP contribution is -2.29. The third-order valence-corrected chi connectivity index (χ3v) is 5.16. The fraction of sp³-hybridized carbons (Fsp3) is 0.250. The minimum atomic E-state index is 0.471. The van der Waals surface area contributed by atoms with Gasteiger partial charge in [-0.15, -0.1) is 0 Å². The Kier molecular flexibility index (Phi) is 3.86. The minimum Gasteiger partial charge on any atom is -0.399 e. The number of nitrogen functional groups attached to an aromatic ring is 1. The summed E-state index contributed by atoms with van der Waals surface area (Å²) in [6, 6.07) is 10.3. The van der Waals surface area contributed by atoms with Crippen molar-refractivity contribution in [1.29, 1.82) is 0 Å². The van der Waals surface area contributed by atoms with Crippen LogP contribution in [0.3, 0.4) is 0 Å². The van der Waals surface area contributed by atoms with Crippen LogP contribution in [0.1, 0.15) is 18.9 Å². The van der Waals surface area contributed by atoms with Crippen LogP contribution in [0.15, 0.2) is 55.1 Å². The molecule has 0 atom stereocenters. The topological polar surface area (TPSA) is 86.1 Å². The van der Waals surface area contributed by atoms with Crippen molar-refractivity contribution < 1.29 is 0 Å². The number of benzene rings is 1. The van der Waals surface area contributed by atoms with E-state index in [1.807, 2.05) is 53.4 Å². The van der Waals surface area contributed by atoms with E-state index in [-0.39, 0.29) is 0 Å². The molecule has 7 heteroatoms. The molecule has 0 amide bonds. The Morgan fingerprint density at radius 2 is 1.81 bits per heavy atom. The van der Waals surface area contributed by atoms with E-state index in [0.717, 1.165) is 59.7 Å². The largest absolute Gasteiger partial charge is 0.399 e. The predicted octanol–water partition coefficient (Wildman–Crippen LogP) is 2.77. The number of nitrogens with zero attached hydrogens (tertiary/aromatic N) is 5. The van der Waals surface area contributed by atoms with Crippen molar-refractivity contribution >= 4 is 11.3 Å². The Hall–Kier alpha value is -3.19. The van der Waals surface area contributed by atoms with Crippen LogP contribution in [0.2, 0.25) is 0 Å². The Morgan fingerprint density at radius 1 is 0.963 bits per heavy atom. The molecule has 0 unspecified atom stereocenters. The van der Waals surface area contributed by atoms with Crippen molar-refractivity contribution in [1.82, 2.24) is 29.7 Å². The molecule has 0 radical (unpaired) electrons. The monoisotopic (exact) mass is 359 g/mol. The van der Waals surface area contributed by atoms with Gasteiger partial charge >= 0.3 is 0 Å². The number of hydrogen-bond acceptors (Lipinski definition) is 5. The Morgan fingerprint density at radius 3 is 2.67 bits per heavy atom. The van der Waals surface area contributed by atoms with Crippen LogP contribution in [0.25, 0.3) is 28.0 Å². The van der Waals surface area contributed by atoms with E-state index in [1.165, 1.54) is 0 Å². The van der Waals surface area contributed by atoms with Crippen molar-refractivity contribution in [3.8, 4) is 22.4 Å². The number of anilines is 1. The second-order valence-electron chi connectivity index (χ2n) is 6.97. The van der Waals surface area contributed by atoms with E-state index in [2.05, 4.69) is 31.4 Å². The first kappa shape index (κ1) is 16.0. The molecule has 1 fully saturated rings. The van der Waals surface area contributed by atoms with E-state index in [9.17, 15) is 0 Å². The number of rotatable bonds is 3. The van der Waals surface area contributed by atoms with Gasteiger partial charge in [-0.3, -0.25) is 4.68 Å². The van der Waals surface area contributed by atoms with Gasteiger partial charge < -0.3 is 11.1 Å². The van der Waals surface area contributed by atoms with Crippen molar-refractivity contribution in [2.24, 2.45) is 0 Å². The summed E-state index contributed by atoms with van der Waals surface area (Å²) >= 11 is 0. The molecule has 0 bridgehead atoms. The maximum Gasteiger partial charge on any atom is 0.154 e. The highest BCUT2D eigenvalue weighted by molar-refractivity contribution is 5.70. The van der Waals surface area contributed by atoms with Gasteiger partial charge in [-0.05, 0) is 44.1 Å². The van der Waals surface area contributed by atoms with Gasteiger partial charge in [-0.2, -0.15) is 10.2 Å². The van der Waals surface area contributed by atoms with E-state index in [0.29, 0.717) is 6.04 Å². The van der Waals surface area contributed by atoms with Gasteiger partial charge in [0.05, 0.1) is 30.3 Å². The molecular formula is C20H21N7. The fourth-order valence-corrected chi connectivity index (χ4v) is 3.69. The molecule has 1 aliphatic heterocycles. The van der Waals surface area contributed by atoms with Crippen molar-refractivity contribution in [3.05, 3.63) is 55.1 Å². The van der Waals surface area contributed by atoms with Gasteiger partial charge in [-0.25, -0.2) is 9.50 Å². The van der Waals surface area contributed by atoms with Gasteiger partial charge in [0.25, 0.3) is 0 Å². The number of hydrogen-bond donors (Lipinski definition) is 2. The molecule has 0 spiro atoms. The summed E-state index contributed by atoms with van der Waals surface area (Å²) in [5, 5.41) is 12.6. The lowest BCUT2D eigenvalue weighted by atomic mass is 10.1. The normalized spacial score (nSPS) is 15.4. The summed E-state index contributed by atoms with van der Waals surface area (Å²) in [6.07, 6.45) is 9.96. The zero-order valence-corrected chi connectivity index (χ0v) is 14.9. The summed E-state index contributed by atoms with van der Waals surface area (Å²) in [6.45, 7) is 2.10. The average molecular weight is 359 g/mol. The van der Waals surface area contributed by atoms with Crippen LogP contribution in [0.4, 0.5) is 5.69 Å². The van der Waals surface area contributed by atoms with Gasteiger partial charge in [0.15, 0.2) is 5.65 Å². The fourth-order valence-electron chi connectivity index (χ4n) is 3.69. The molecule has 1 aromatic carbocycles. The molecule has 4 aromatic rings. The standard InChI is InChI=1S/C20H21N7/c21-17-3-1-2-14(8-17)19-12-23-20-9-15(10-25-27(19)20)16-11-24-26(13-16)18-4-6-22-7-5-18/h1-3,8-13,18,22H,4-7,21H2. The molecule has 5 rings (SSSR count). The smallest absolute Gasteiger partial charge is 0.154 e. The zero-order valence-electron chi connectivity index (χ0n) is 14.9. The number of fused-ring (bicyclic) bond motifs is 1. The Bertz CT molecular complexity index is 1090. The number of aromatic nitrogens is 5. The average Bonchev–Trinajstić information content (AvgIpc) is 3.35. The molecular weight excluding hydrogens is 338 g/mol. The van der Waals surface area contributed by atoms with E-state index < -0.39 is 0 Å². The van der Waals surface area contributed by atoms with Crippen LogP contribution in [0.5, 0.6) is 0 Å². The van der Waals surface area contributed by atoms with Gasteiger partial charge in [0.2, 0.25) is 0 Å². The van der Waals surface area contributed by atoms with Crippen LogP contribution in [-0.2, 0) is 0 Å². The molecule has 0 saturated carbocycles. The minimum absolute atomic E-state index is 0.471. The van der Waals surface area contributed by atoms with Gasteiger partial charge in [0, 0.05) is 28.6 Å². The highest BCUT2D eigenvalue weighted by Crippen LogP contribution is 2.26. The van der Waals surface area contributed by atoms with Crippen molar-refractivity contribution in [2.75, 3.05) is 18.8 Å². The molecule has 7 nitrogen and oxygen atoms in total. The molecule has 27 heavy (non-hydrogen) atoms. The molecule has 0 aliphatic carbocycles. The number of piperidine rings is 1. The summed E-state index contributed by atoms with van der Waals surface area (Å²) in [4.78, 5) is 4.53. The first-order valence-corrected chi connectivity index (χ1v) is 9.23. The molecule has 3 N–H and O–H groups in total. The maximum atomic E-state index is 5.91. The van der Waals surface area contributed by atoms with Gasteiger partial charge in [0.1, 0.15) is 0 Å². The Labute approximate surface area is 156 Å². The van der Waals surface area contributed by atoms with Crippen LogP contribution in [-0.4, -0.2) is 37.5 Å². The third-order valence-electron chi connectivity index (χ3n) is 5.16. The first-order chi connectivity index (χ1) is 13.3. The van der Waals surface area contributed by atoms with E-state index in [4.69, 9.17) is 5.73 Å². The van der Waals surface area contributed by atoms with Crippen LogP contribution in [0, 0.1) is 0 Å². The second-order valence-corrected chi connectivity index (χ2v) is 6.97. The molecule has 4 heterocycles. The molecule has 3 aromatic heterocycles. The van der Waals surface area contributed by atoms with Gasteiger partial charge in [-0.1, -0.05) is 12.1 Å². The summed E-state index contributed by atoms with van der Waals surface area (Å²) in [7, 11) is 0. The molecule has 1 saturated heterocycles. The SMILES string of the molecule is Nc1cccc(-c2cnc3cc(-c4cnn(C5CCNCC5)c4)cnn23)c1. The lowest BCUT2D eigenvalue weighted by molar-refractivity contribution is 0.343. The molecule has 1 aliphatic rings. The predicted molar refractivity (Wildman–Crippen MR) is 105 cm³/mol. The van der Waals surface area contributed by atoms with Crippen molar-refractivity contribution in [2.45, 2.75) is 18.9 Å². The quantitative estimate of drug-likeness (QED) is 0.549. The van der Waals surface area contributed by atoms with E-state index in [1.54, 1.807) is 0 Å². The summed E-state index contributed by atoms with van der Waals surface area (Å²) in [5.41, 5.74) is 11.5. The third kappa shape index (κ3) is 2.96. The lowest BCUT2D eigenvalue weighted by Gasteiger charge is -2.22. The van der Waals surface area contributed by atoms with Crippen LogP contribution < -0.4 is 11.1 Å². The first-order valence-electron chi connectivity index (χ1n) is 9.23. The second kappa shape index (κ2) is 6.51. The summed E-state index contributed by atoms with van der Waals surface area (Å²) < 4.78 is 3.93. The highest BCUT2D eigenvalue weighted by Gasteiger charge is 2.16. The number of nitrogens with two attached hydrogens (primary N) is 1. The van der Waals surface area contributed by atoms with Crippen molar-refractivity contribution in [3.63, 3.8) is 0 Å². The zero-order chi connectivity index (χ0) is 18.2. The highest BCUT2D eigenvalue weighted by atomic mass is 15.3. The number of nitrogens with one attached hydrogen (secondary N) is 1. The number of imidazole rings is 1. The van der Waals surface area contributed by atoms with Crippen LogP contribution >= 0.6 is 0 Å².